The van der Waals surface area contributed by atoms with Crippen molar-refractivity contribution < 1.29 is 9.13 Å². The first-order valence-corrected chi connectivity index (χ1v) is 14.2. The Kier molecular flexibility index (Phi) is 6.27. The van der Waals surface area contributed by atoms with Crippen molar-refractivity contribution in [1.29, 1.82) is 5.26 Å². The van der Waals surface area contributed by atoms with Gasteiger partial charge in [-0.05, 0) is 48.1 Å². The fraction of sp³-hybridized carbons (Fsp3) is 0.419. The summed E-state index contributed by atoms with van der Waals surface area (Å²) in [6, 6.07) is 11.0. The van der Waals surface area contributed by atoms with Gasteiger partial charge in [0.2, 0.25) is 5.88 Å². The zero-order valence-corrected chi connectivity index (χ0v) is 23.5. The number of nitrogens with zero attached hydrogens (tertiary/aromatic N) is 8. The molecule has 4 aliphatic heterocycles. The number of hydrogen-bond donors (Lipinski definition) is 0. The second-order valence-corrected chi connectivity index (χ2v) is 11.8. The standard InChI is InChI=1S/C31H33FN8O/c1-19(2)23-14-37(15-23)24-8-27(30-22(9-33)12-36-40(30)18-24)21-4-5-29(34-11-21)38-16-25-7-26(17-38)39(25)13-20-6-28(32)31(41-3)35-10-20/h4-6,8,10-12,18-19,23,25-26H,7,13-17H2,1-3H3. The van der Waals surface area contributed by atoms with Crippen LogP contribution >= 0.6 is 0 Å². The fourth-order valence-corrected chi connectivity index (χ4v) is 6.50. The predicted octanol–water partition coefficient (Wildman–Crippen LogP) is 4.37. The van der Waals surface area contributed by atoms with Crippen molar-refractivity contribution in [2.24, 2.45) is 11.8 Å². The van der Waals surface area contributed by atoms with Gasteiger partial charge < -0.3 is 14.5 Å². The van der Waals surface area contributed by atoms with Gasteiger partial charge in [0, 0.05) is 68.3 Å². The van der Waals surface area contributed by atoms with Gasteiger partial charge >= 0.3 is 0 Å². The van der Waals surface area contributed by atoms with Gasteiger partial charge in [0.15, 0.2) is 5.82 Å². The Labute approximate surface area is 238 Å². The molecular weight excluding hydrogens is 519 g/mol. The van der Waals surface area contributed by atoms with Crippen LogP contribution in [0.2, 0.25) is 0 Å². The molecule has 4 aromatic heterocycles. The molecule has 41 heavy (non-hydrogen) atoms. The summed E-state index contributed by atoms with van der Waals surface area (Å²) in [6.07, 6.45) is 8.42. The van der Waals surface area contributed by atoms with Crippen LogP contribution in [0.3, 0.4) is 0 Å². The minimum atomic E-state index is -0.424. The number of hydrogen-bond acceptors (Lipinski definition) is 8. The summed E-state index contributed by atoms with van der Waals surface area (Å²) in [5, 5.41) is 14.2. The highest BCUT2D eigenvalue weighted by atomic mass is 19.1. The molecule has 10 heteroatoms. The summed E-state index contributed by atoms with van der Waals surface area (Å²) >= 11 is 0. The van der Waals surface area contributed by atoms with Crippen molar-refractivity contribution in [2.75, 3.05) is 43.1 Å². The van der Waals surface area contributed by atoms with E-state index in [2.05, 4.69) is 62.9 Å². The van der Waals surface area contributed by atoms with Gasteiger partial charge in [0.1, 0.15) is 11.9 Å². The molecule has 4 saturated heterocycles. The van der Waals surface area contributed by atoms with Gasteiger partial charge in [-0.3, -0.25) is 4.90 Å². The lowest BCUT2D eigenvalue weighted by atomic mass is 9.87. The first-order chi connectivity index (χ1) is 19.9. The highest BCUT2D eigenvalue weighted by Gasteiger charge is 2.44. The van der Waals surface area contributed by atoms with Crippen molar-refractivity contribution in [3.63, 3.8) is 0 Å². The molecular formula is C31H33FN8O. The fourth-order valence-electron chi connectivity index (χ4n) is 6.50. The van der Waals surface area contributed by atoms with Crippen LogP contribution in [0, 0.1) is 29.0 Å². The molecule has 8 heterocycles. The maximum atomic E-state index is 14.1. The van der Waals surface area contributed by atoms with Crippen molar-refractivity contribution in [3.8, 4) is 23.1 Å². The highest BCUT2D eigenvalue weighted by Crippen LogP contribution is 2.38. The third kappa shape index (κ3) is 4.45. The van der Waals surface area contributed by atoms with E-state index in [1.54, 1.807) is 12.4 Å². The SMILES string of the molecule is COc1ncc(CN2C3CC2CN(c2ccc(-c4cc(N5CC(C(C)C)C5)cn5ncc(C#N)c45)cn2)C3)cc1F. The Balaban J connectivity index is 1.09. The molecule has 2 bridgehead atoms. The Bertz CT molecular complexity index is 1630. The topological polar surface area (TPSA) is 85.8 Å². The molecule has 0 aromatic carbocycles. The molecule has 0 N–H and O–H groups in total. The summed E-state index contributed by atoms with van der Waals surface area (Å²) in [7, 11) is 1.42. The normalized spacial score (nSPS) is 20.7. The number of piperazine rings is 1. The van der Waals surface area contributed by atoms with Crippen LogP contribution in [0.15, 0.2) is 49.1 Å². The van der Waals surface area contributed by atoms with E-state index < -0.39 is 5.82 Å². The van der Waals surface area contributed by atoms with E-state index in [9.17, 15) is 9.65 Å². The summed E-state index contributed by atoms with van der Waals surface area (Å²) in [4.78, 5) is 16.1. The lowest BCUT2D eigenvalue weighted by molar-refractivity contribution is -0.00884. The average molecular weight is 553 g/mol. The van der Waals surface area contributed by atoms with Crippen molar-refractivity contribution in [3.05, 3.63) is 66.0 Å². The third-order valence-electron chi connectivity index (χ3n) is 9.09. The summed E-state index contributed by atoms with van der Waals surface area (Å²) < 4.78 is 20.9. The maximum absolute atomic E-state index is 14.1. The van der Waals surface area contributed by atoms with Crippen molar-refractivity contribution in [1.82, 2.24) is 24.5 Å². The van der Waals surface area contributed by atoms with Crippen LogP contribution in [0.5, 0.6) is 5.88 Å². The molecule has 9 nitrogen and oxygen atoms in total. The number of pyridine rings is 3. The minimum absolute atomic E-state index is 0.0306. The molecule has 0 saturated carbocycles. The van der Waals surface area contributed by atoms with E-state index in [1.807, 2.05) is 16.9 Å². The van der Waals surface area contributed by atoms with Gasteiger partial charge in [0.25, 0.3) is 0 Å². The van der Waals surface area contributed by atoms with E-state index in [0.717, 1.165) is 66.3 Å². The largest absolute Gasteiger partial charge is 0.479 e. The number of halogens is 1. The highest BCUT2D eigenvalue weighted by molar-refractivity contribution is 5.86. The molecule has 8 rings (SSSR count). The first-order valence-electron chi connectivity index (χ1n) is 14.2. The molecule has 0 radical (unpaired) electrons. The number of aromatic nitrogens is 4. The van der Waals surface area contributed by atoms with Crippen LogP contribution in [0.1, 0.15) is 31.4 Å². The zero-order valence-electron chi connectivity index (χ0n) is 23.5. The van der Waals surface area contributed by atoms with E-state index in [-0.39, 0.29) is 5.88 Å². The molecule has 2 unspecified atom stereocenters. The number of methoxy groups -OCH3 is 1. The molecule has 0 amide bonds. The maximum Gasteiger partial charge on any atom is 0.250 e. The Hall–Kier alpha value is -4.23. The van der Waals surface area contributed by atoms with Crippen LogP contribution < -0.4 is 14.5 Å². The van der Waals surface area contributed by atoms with Crippen LogP contribution in [-0.2, 0) is 6.54 Å². The third-order valence-corrected chi connectivity index (χ3v) is 9.09. The Morgan fingerprint density at radius 2 is 1.85 bits per heavy atom. The average Bonchev–Trinajstić information content (AvgIpc) is 3.38. The summed E-state index contributed by atoms with van der Waals surface area (Å²) in [5.41, 5.74) is 5.28. The van der Waals surface area contributed by atoms with Gasteiger partial charge in [-0.1, -0.05) is 13.8 Å². The van der Waals surface area contributed by atoms with Gasteiger partial charge in [0.05, 0.1) is 36.3 Å². The second-order valence-electron chi connectivity index (χ2n) is 11.8. The zero-order chi connectivity index (χ0) is 28.2. The van der Waals surface area contributed by atoms with Crippen LogP contribution in [0.4, 0.5) is 15.9 Å². The van der Waals surface area contributed by atoms with Crippen molar-refractivity contribution >= 4 is 17.0 Å². The Morgan fingerprint density at radius 1 is 1.05 bits per heavy atom. The van der Waals surface area contributed by atoms with Crippen LogP contribution in [0.25, 0.3) is 16.6 Å². The van der Waals surface area contributed by atoms with E-state index in [1.165, 1.54) is 13.2 Å². The lowest BCUT2D eigenvalue weighted by Gasteiger charge is -2.56. The quantitative estimate of drug-likeness (QED) is 0.334. The number of nitriles is 1. The van der Waals surface area contributed by atoms with E-state index in [4.69, 9.17) is 9.72 Å². The van der Waals surface area contributed by atoms with Gasteiger partial charge in [-0.15, -0.1) is 0 Å². The molecule has 210 valence electrons. The Morgan fingerprint density at radius 3 is 2.51 bits per heavy atom. The lowest BCUT2D eigenvalue weighted by Crippen LogP contribution is -2.68. The van der Waals surface area contributed by atoms with Gasteiger partial charge in [-0.25, -0.2) is 18.9 Å². The smallest absolute Gasteiger partial charge is 0.250 e. The number of fused-ring (bicyclic) bond motifs is 3. The van der Waals surface area contributed by atoms with Crippen LogP contribution in [-0.4, -0.2) is 69.9 Å². The summed E-state index contributed by atoms with van der Waals surface area (Å²) in [6.45, 7) is 9.05. The minimum Gasteiger partial charge on any atom is -0.479 e. The second kappa shape index (κ2) is 10.00. The number of piperidine rings is 1. The monoisotopic (exact) mass is 552 g/mol. The molecule has 0 spiro atoms. The first kappa shape index (κ1) is 25.7. The number of rotatable bonds is 7. The molecule has 0 aliphatic carbocycles. The molecule has 4 fully saturated rings. The van der Waals surface area contributed by atoms with E-state index >= 15 is 0 Å². The molecule has 4 aromatic rings. The number of ether oxygens (including phenoxy) is 1. The predicted molar refractivity (Wildman–Crippen MR) is 154 cm³/mol. The molecule has 2 atom stereocenters. The van der Waals surface area contributed by atoms with Crippen molar-refractivity contribution in [2.45, 2.75) is 38.9 Å². The van der Waals surface area contributed by atoms with E-state index in [0.29, 0.717) is 36.0 Å². The molecule has 4 aliphatic rings. The van der Waals surface area contributed by atoms with Gasteiger partial charge in [-0.2, -0.15) is 10.4 Å². The summed E-state index contributed by atoms with van der Waals surface area (Å²) in [5.74, 6) is 1.92. The number of anilines is 2.